The van der Waals surface area contributed by atoms with Gasteiger partial charge in [0.05, 0.1) is 18.8 Å². The molecule has 0 saturated carbocycles. The highest BCUT2D eigenvalue weighted by Crippen LogP contribution is 2.46. The first-order valence-corrected chi connectivity index (χ1v) is 12.1. The van der Waals surface area contributed by atoms with Crippen molar-refractivity contribution < 1.29 is 29.3 Å². The predicted molar refractivity (Wildman–Crippen MR) is 134 cm³/mol. The number of aliphatic hydroxyl groups excluding tert-OH is 1. The van der Waals surface area contributed by atoms with Crippen LogP contribution in [0.4, 0.5) is 0 Å². The van der Waals surface area contributed by atoms with E-state index >= 15 is 0 Å². The van der Waals surface area contributed by atoms with E-state index in [2.05, 4.69) is 26.1 Å². The molecule has 2 aromatic carbocycles. The lowest BCUT2D eigenvalue weighted by molar-refractivity contribution is -0.139. The van der Waals surface area contributed by atoms with Crippen molar-refractivity contribution in [3.05, 3.63) is 64.2 Å². The molecule has 1 aliphatic rings. The first kappa shape index (κ1) is 27.0. The normalized spacial score (nSPS) is 22.5. The summed E-state index contributed by atoms with van der Waals surface area (Å²) >= 11 is 6.09. The van der Waals surface area contributed by atoms with Crippen LogP contribution in [0, 0.1) is 0 Å². The molecular formula is C27H34ClNO6. The van der Waals surface area contributed by atoms with Gasteiger partial charge in [0, 0.05) is 35.4 Å². The van der Waals surface area contributed by atoms with Gasteiger partial charge in [0.15, 0.2) is 6.61 Å². The molecular weight excluding hydrogens is 470 g/mol. The molecule has 0 unspecified atom stereocenters. The number of carbonyl (C=O) groups is 2. The number of aliphatic hydroxyl groups is 1. The fraction of sp³-hybridized carbons (Fsp3) is 0.481. The van der Waals surface area contributed by atoms with Gasteiger partial charge in [0.2, 0.25) is 5.91 Å². The second-order valence-electron chi connectivity index (χ2n) is 10.3. The van der Waals surface area contributed by atoms with E-state index in [-0.39, 0.29) is 30.5 Å². The third-order valence-electron chi connectivity index (χ3n) is 6.20. The average molecular weight is 504 g/mol. The van der Waals surface area contributed by atoms with E-state index in [9.17, 15) is 19.8 Å². The summed E-state index contributed by atoms with van der Waals surface area (Å²) in [5.74, 6) is -0.872. The zero-order valence-corrected chi connectivity index (χ0v) is 21.4. The zero-order valence-electron chi connectivity index (χ0n) is 20.6. The average Bonchev–Trinajstić information content (AvgIpc) is 2.76. The summed E-state index contributed by atoms with van der Waals surface area (Å²) in [4.78, 5) is 23.7. The van der Waals surface area contributed by atoms with Crippen LogP contribution in [0.25, 0.3) is 0 Å². The summed E-state index contributed by atoms with van der Waals surface area (Å²) in [5, 5.41) is 22.1. The first-order valence-electron chi connectivity index (χ1n) is 11.7. The third-order valence-corrected chi connectivity index (χ3v) is 6.45. The van der Waals surface area contributed by atoms with Crippen molar-refractivity contribution in [3.8, 4) is 5.75 Å². The topological polar surface area (TPSA) is 105 Å². The summed E-state index contributed by atoms with van der Waals surface area (Å²) in [6.45, 7) is 7.55. The summed E-state index contributed by atoms with van der Waals surface area (Å²) in [5.41, 5.74) is 1.92. The molecule has 3 N–H and O–H groups in total. The molecule has 1 fully saturated rings. The number of halogens is 1. The van der Waals surface area contributed by atoms with Crippen LogP contribution in [0.15, 0.2) is 42.5 Å². The molecule has 0 aromatic heterocycles. The SMILES string of the molecule is CC(C)(C)c1ccc(OCC(=O)O)c([C@H]2C[C@](C)(NC(=O)CCO)C[C@@H](c3ccc(Cl)cc3)O2)c1. The maximum absolute atomic E-state index is 12.5. The van der Waals surface area contributed by atoms with E-state index in [0.29, 0.717) is 23.6 Å². The Hall–Kier alpha value is -2.61. The lowest BCUT2D eigenvalue weighted by Gasteiger charge is -2.44. The van der Waals surface area contributed by atoms with Gasteiger partial charge in [-0.05, 0) is 47.7 Å². The standard InChI is InChI=1S/C27H34ClNO6/c1-26(2,3)18-7-10-21(34-16-25(32)33)20(13-18)23-15-27(4,29-24(31)11-12-30)14-22(35-23)17-5-8-19(28)9-6-17/h5-10,13,22-23,30H,11-12,14-16H2,1-4H3,(H,29,31)(H,32,33)/t22-,23+,27+/m0/s1. The van der Waals surface area contributed by atoms with E-state index in [4.69, 9.17) is 21.1 Å². The highest BCUT2D eigenvalue weighted by atomic mass is 35.5. The number of nitrogens with one attached hydrogen (secondary N) is 1. The molecule has 35 heavy (non-hydrogen) atoms. The van der Waals surface area contributed by atoms with Gasteiger partial charge < -0.3 is 25.0 Å². The van der Waals surface area contributed by atoms with Crippen LogP contribution >= 0.6 is 11.6 Å². The van der Waals surface area contributed by atoms with Gasteiger partial charge in [-0.25, -0.2) is 4.79 Å². The number of carboxylic acid groups (broad SMARTS) is 1. The van der Waals surface area contributed by atoms with Crippen molar-refractivity contribution in [1.82, 2.24) is 5.32 Å². The van der Waals surface area contributed by atoms with E-state index in [1.54, 1.807) is 18.2 Å². The minimum absolute atomic E-state index is 0.0131. The number of hydrogen-bond donors (Lipinski definition) is 3. The summed E-state index contributed by atoms with van der Waals surface area (Å²) in [6, 6.07) is 13.1. The van der Waals surface area contributed by atoms with Gasteiger partial charge in [-0.1, -0.05) is 50.6 Å². The van der Waals surface area contributed by atoms with Crippen LogP contribution in [-0.2, 0) is 19.7 Å². The monoisotopic (exact) mass is 503 g/mol. The molecule has 1 heterocycles. The maximum Gasteiger partial charge on any atom is 0.341 e. The molecule has 0 radical (unpaired) electrons. The first-order chi connectivity index (χ1) is 16.4. The largest absolute Gasteiger partial charge is 0.482 e. The lowest BCUT2D eigenvalue weighted by Crippen LogP contribution is -2.51. The fourth-order valence-corrected chi connectivity index (χ4v) is 4.52. The van der Waals surface area contributed by atoms with Crippen molar-refractivity contribution >= 4 is 23.5 Å². The van der Waals surface area contributed by atoms with Crippen LogP contribution in [0.5, 0.6) is 5.75 Å². The molecule has 0 aliphatic carbocycles. The molecule has 1 aliphatic heterocycles. The van der Waals surface area contributed by atoms with Gasteiger partial charge in [-0.15, -0.1) is 0 Å². The van der Waals surface area contributed by atoms with E-state index < -0.39 is 24.2 Å². The number of benzene rings is 2. The van der Waals surface area contributed by atoms with Gasteiger partial charge in [-0.2, -0.15) is 0 Å². The predicted octanol–water partition coefficient (Wildman–Crippen LogP) is 4.95. The zero-order chi connectivity index (χ0) is 25.8. The highest BCUT2D eigenvalue weighted by Gasteiger charge is 2.41. The molecule has 1 saturated heterocycles. The number of carboxylic acids is 1. The smallest absolute Gasteiger partial charge is 0.341 e. The Balaban J connectivity index is 2.04. The van der Waals surface area contributed by atoms with E-state index in [1.807, 2.05) is 31.2 Å². The van der Waals surface area contributed by atoms with E-state index in [0.717, 1.165) is 16.7 Å². The van der Waals surface area contributed by atoms with Crippen molar-refractivity contribution in [2.45, 2.75) is 70.1 Å². The summed E-state index contributed by atoms with van der Waals surface area (Å²) < 4.78 is 12.2. The molecule has 1 amide bonds. The number of ether oxygens (including phenoxy) is 2. The molecule has 2 aromatic rings. The quantitative estimate of drug-likeness (QED) is 0.470. The molecule has 3 atom stereocenters. The minimum atomic E-state index is -1.07. The number of carbonyl (C=O) groups excluding carboxylic acids is 1. The number of hydrogen-bond acceptors (Lipinski definition) is 5. The molecule has 3 rings (SSSR count). The second-order valence-corrected chi connectivity index (χ2v) is 10.8. The maximum atomic E-state index is 12.5. The molecule has 0 bridgehead atoms. The Morgan fingerprint density at radius 1 is 1.14 bits per heavy atom. The van der Waals surface area contributed by atoms with Crippen molar-refractivity contribution in [3.63, 3.8) is 0 Å². The van der Waals surface area contributed by atoms with Crippen LogP contribution in [0.3, 0.4) is 0 Å². The highest BCUT2D eigenvalue weighted by molar-refractivity contribution is 6.30. The van der Waals surface area contributed by atoms with Gasteiger partial charge in [-0.3, -0.25) is 4.79 Å². The fourth-order valence-electron chi connectivity index (χ4n) is 4.39. The van der Waals surface area contributed by atoms with Gasteiger partial charge in [0.25, 0.3) is 0 Å². The van der Waals surface area contributed by atoms with Gasteiger partial charge >= 0.3 is 5.97 Å². The minimum Gasteiger partial charge on any atom is -0.482 e. The van der Waals surface area contributed by atoms with Crippen LogP contribution < -0.4 is 10.1 Å². The molecule has 8 heteroatoms. The van der Waals surface area contributed by atoms with Crippen LogP contribution in [-0.4, -0.2) is 40.8 Å². The number of rotatable bonds is 8. The summed E-state index contributed by atoms with van der Waals surface area (Å²) in [7, 11) is 0. The van der Waals surface area contributed by atoms with Crippen LogP contribution in [0.1, 0.15) is 75.9 Å². The molecule has 190 valence electrons. The Labute approximate surface area is 211 Å². The number of aliphatic carboxylic acids is 1. The van der Waals surface area contributed by atoms with Crippen molar-refractivity contribution in [2.75, 3.05) is 13.2 Å². The Kier molecular flexibility index (Phi) is 8.46. The third kappa shape index (κ3) is 7.19. The Bertz CT molecular complexity index is 1050. The van der Waals surface area contributed by atoms with Crippen molar-refractivity contribution in [1.29, 1.82) is 0 Å². The van der Waals surface area contributed by atoms with E-state index in [1.165, 1.54) is 0 Å². The Morgan fingerprint density at radius 2 is 1.80 bits per heavy atom. The lowest BCUT2D eigenvalue weighted by atomic mass is 9.79. The molecule has 7 nitrogen and oxygen atoms in total. The molecule has 0 spiro atoms. The van der Waals surface area contributed by atoms with Crippen molar-refractivity contribution in [2.24, 2.45) is 0 Å². The second kappa shape index (κ2) is 11.0. The summed E-state index contributed by atoms with van der Waals surface area (Å²) in [6.07, 6.45) is 0.155. The number of amides is 1. The van der Waals surface area contributed by atoms with Gasteiger partial charge in [0.1, 0.15) is 5.75 Å². The Morgan fingerprint density at radius 3 is 2.40 bits per heavy atom. The van der Waals surface area contributed by atoms with Crippen LogP contribution in [0.2, 0.25) is 5.02 Å².